The third kappa shape index (κ3) is 4.24. The molecule has 0 heterocycles. The van der Waals surface area contributed by atoms with Crippen molar-refractivity contribution in [2.45, 2.75) is 6.04 Å². The van der Waals surface area contributed by atoms with E-state index in [1.807, 2.05) is 0 Å². The van der Waals surface area contributed by atoms with Crippen molar-refractivity contribution in [3.8, 4) is 0 Å². The fraction of sp³-hybridized carbons (Fsp3) is 0.667. The van der Waals surface area contributed by atoms with Gasteiger partial charge < -0.3 is 10.8 Å². The van der Waals surface area contributed by atoms with Crippen LogP contribution in [-0.2, 0) is 14.8 Å². The third-order valence-corrected chi connectivity index (χ3v) is 1.55. The maximum atomic E-state index is 10.2. The van der Waals surface area contributed by atoms with Crippen LogP contribution in [0, 0.1) is 0 Å². The molecule has 5 N–H and O–H groups in total. The van der Waals surface area contributed by atoms with E-state index in [9.17, 15) is 13.2 Å². The Morgan fingerprint density at radius 2 is 2.00 bits per heavy atom. The van der Waals surface area contributed by atoms with Gasteiger partial charge in [0.2, 0.25) is 10.0 Å². The largest absolute Gasteiger partial charge is 0.480 e. The second kappa shape index (κ2) is 2.95. The van der Waals surface area contributed by atoms with Crippen LogP contribution in [0.25, 0.3) is 0 Å². The number of aliphatic carboxylic acids is 1. The van der Waals surface area contributed by atoms with Crippen LogP contribution in [0.2, 0.25) is 0 Å². The Labute approximate surface area is 57.9 Å². The summed E-state index contributed by atoms with van der Waals surface area (Å²) in [6, 6.07) is -1.44. The zero-order valence-electron chi connectivity index (χ0n) is 5.02. The van der Waals surface area contributed by atoms with Gasteiger partial charge in [-0.1, -0.05) is 0 Å². The maximum absolute atomic E-state index is 10.2. The summed E-state index contributed by atoms with van der Waals surface area (Å²) >= 11 is 0. The van der Waals surface area contributed by atoms with E-state index >= 15 is 0 Å². The van der Waals surface area contributed by atoms with E-state index in [2.05, 4.69) is 5.14 Å². The number of sulfonamides is 1. The molecule has 0 aliphatic carbocycles. The Balaban J connectivity index is 4.06. The van der Waals surface area contributed by atoms with Crippen molar-refractivity contribution >= 4 is 16.0 Å². The highest BCUT2D eigenvalue weighted by atomic mass is 32.2. The first-order chi connectivity index (χ1) is 4.33. The van der Waals surface area contributed by atoms with E-state index in [1.54, 1.807) is 0 Å². The molecule has 0 rings (SSSR count). The lowest BCUT2D eigenvalue weighted by Crippen LogP contribution is -2.39. The Morgan fingerprint density at radius 1 is 1.60 bits per heavy atom. The van der Waals surface area contributed by atoms with Crippen molar-refractivity contribution < 1.29 is 18.3 Å². The maximum Gasteiger partial charge on any atom is 0.321 e. The highest BCUT2D eigenvalue weighted by Crippen LogP contribution is 1.83. The lowest BCUT2D eigenvalue weighted by molar-refractivity contribution is -0.137. The monoisotopic (exact) mass is 168 g/mol. The first-order valence-corrected chi connectivity index (χ1v) is 4.03. The van der Waals surface area contributed by atoms with Gasteiger partial charge in [-0.2, -0.15) is 0 Å². The first-order valence-electron chi connectivity index (χ1n) is 2.32. The van der Waals surface area contributed by atoms with Crippen LogP contribution in [0.15, 0.2) is 0 Å². The molecule has 0 saturated carbocycles. The summed E-state index contributed by atoms with van der Waals surface area (Å²) in [5, 5.41) is 12.6. The summed E-state index contributed by atoms with van der Waals surface area (Å²) in [7, 11) is -3.77. The normalized spacial score (nSPS) is 14.6. The van der Waals surface area contributed by atoms with Crippen LogP contribution < -0.4 is 10.9 Å². The number of primary sulfonamides is 1. The number of carbonyl (C=O) groups is 1. The molecule has 0 aliphatic rings. The molecule has 60 valence electrons. The van der Waals surface area contributed by atoms with Crippen LogP contribution in [0.1, 0.15) is 0 Å². The molecule has 0 radical (unpaired) electrons. The third-order valence-electron chi connectivity index (χ3n) is 0.729. The Morgan fingerprint density at radius 3 is 2.10 bits per heavy atom. The highest BCUT2D eigenvalue weighted by Gasteiger charge is 2.17. The average molecular weight is 168 g/mol. The van der Waals surface area contributed by atoms with Crippen molar-refractivity contribution in [3.63, 3.8) is 0 Å². The number of rotatable bonds is 3. The first kappa shape index (κ1) is 9.34. The van der Waals surface area contributed by atoms with Crippen LogP contribution >= 0.6 is 0 Å². The zero-order chi connectivity index (χ0) is 8.36. The van der Waals surface area contributed by atoms with E-state index in [-0.39, 0.29) is 0 Å². The summed E-state index contributed by atoms with van der Waals surface area (Å²) < 4.78 is 20.4. The van der Waals surface area contributed by atoms with Gasteiger partial charge in [0.1, 0.15) is 6.04 Å². The molecular weight excluding hydrogens is 160 g/mol. The van der Waals surface area contributed by atoms with Gasteiger partial charge in [-0.05, 0) is 0 Å². The molecule has 0 aromatic carbocycles. The summed E-state index contributed by atoms with van der Waals surface area (Å²) in [4.78, 5) is 9.93. The van der Waals surface area contributed by atoms with Crippen molar-refractivity contribution in [1.29, 1.82) is 0 Å². The smallest absolute Gasteiger partial charge is 0.321 e. The predicted molar refractivity (Wildman–Crippen MR) is 33.6 cm³/mol. The van der Waals surface area contributed by atoms with Gasteiger partial charge in [-0.3, -0.25) is 4.79 Å². The van der Waals surface area contributed by atoms with Crippen molar-refractivity contribution in [3.05, 3.63) is 0 Å². The lowest BCUT2D eigenvalue weighted by atomic mass is 10.4. The molecule has 0 aromatic heterocycles. The second-order valence-corrected chi connectivity index (χ2v) is 3.43. The molecule has 7 heteroatoms. The lowest BCUT2D eigenvalue weighted by Gasteiger charge is -2.01. The van der Waals surface area contributed by atoms with Gasteiger partial charge in [-0.15, -0.1) is 0 Å². The van der Waals surface area contributed by atoms with Crippen LogP contribution in [0.3, 0.4) is 0 Å². The minimum Gasteiger partial charge on any atom is -0.480 e. The Bertz CT molecular complexity index is 221. The number of hydrogen-bond acceptors (Lipinski definition) is 4. The van der Waals surface area contributed by atoms with Crippen molar-refractivity contribution in [1.82, 2.24) is 0 Å². The van der Waals surface area contributed by atoms with Crippen molar-refractivity contribution in [2.24, 2.45) is 10.9 Å². The van der Waals surface area contributed by atoms with Gasteiger partial charge in [0.15, 0.2) is 0 Å². The molecule has 6 nitrogen and oxygen atoms in total. The van der Waals surface area contributed by atoms with Gasteiger partial charge in [0.05, 0.1) is 5.75 Å². The van der Waals surface area contributed by atoms with Gasteiger partial charge in [-0.25, -0.2) is 13.6 Å². The minimum atomic E-state index is -3.77. The molecule has 0 bridgehead atoms. The summed E-state index contributed by atoms with van der Waals surface area (Å²) in [6.07, 6.45) is 0. The van der Waals surface area contributed by atoms with Crippen molar-refractivity contribution in [2.75, 3.05) is 5.75 Å². The van der Waals surface area contributed by atoms with Gasteiger partial charge in [0.25, 0.3) is 0 Å². The van der Waals surface area contributed by atoms with E-state index < -0.39 is 27.8 Å². The standard InChI is InChI=1S/C3H8N2O4S/c4-2(3(6)7)1-10(5,8)9/h2H,1,4H2,(H,6,7)(H2,5,8,9)/t2-/m1/s1. The fourth-order valence-electron chi connectivity index (χ4n) is 0.322. The molecule has 0 saturated heterocycles. The fourth-order valence-corrected chi connectivity index (χ4v) is 0.965. The van der Waals surface area contributed by atoms with Gasteiger partial charge >= 0.3 is 5.97 Å². The van der Waals surface area contributed by atoms with Crippen LogP contribution in [0.5, 0.6) is 0 Å². The molecule has 10 heavy (non-hydrogen) atoms. The summed E-state index contributed by atoms with van der Waals surface area (Å²) in [5.74, 6) is -2.11. The molecule has 0 spiro atoms. The topological polar surface area (TPSA) is 123 Å². The SMILES string of the molecule is N[C@H](CS(N)(=O)=O)C(=O)O. The molecule has 0 unspecified atom stereocenters. The van der Waals surface area contributed by atoms with Crippen LogP contribution in [0.4, 0.5) is 0 Å². The number of carboxylic acids is 1. The summed E-state index contributed by atoms with van der Waals surface area (Å²) in [5.41, 5.74) is 4.84. The van der Waals surface area contributed by atoms with E-state index in [0.717, 1.165) is 0 Å². The summed E-state index contributed by atoms with van der Waals surface area (Å²) in [6.45, 7) is 0. The van der Waals surface area contributed by atoms with Gasteiger partial charge in [0, 0.05) is 0 Å². The molecule has 1 atom stereocenters. The predicted octanol–water partition coefficient (Wildman–Crippen LogP) is -2.31. The molecular formula is C3H8N2O4S. The molecule has 0 aromatic rings. The molecule has 0 fully saturated rings. The average Bonchev–Trinajstić information content (AvgIpc) is 1.60. The Hall–Kier alpha value is -0.660. The van der Waals surface area contributed by atoms with E-state index in [4.69, 9.17) is 10.8 Å². The zero-order valence-corrected chi connectivity index (χ0v) is 5.84. The highest BCUT2D eigenvalue weighted by molar-refractivity contribution is 7.89. The number of carboxylic acid groups (broad SMARTS) is 1. The molecule has 0 aliphatic heterocycles. The van der Waals surface area contributed by atoms with E-state index in [1.165, 1.54) is 0 Å². The van der Waals surface area contributed by atoms with E-state index in [0.29, 0.717) is 0 Å². The second-order valence-electron chi connectivity index (χ2n) is 1.77. The quantitative estimate of drug-likeness (QED) is 0.436. The Kier molecular flexibility index (Phi) is 2.76. The number of nitrogens with two attached hydrogens (primary N) is 2. The molecule has 0 amide bonds. The number of hydrogen-bond donors (Lipinski definition) is 3. The minimum absolute atomic E-state index is 0.734. The van der Waals surface area contributed by atoms with Crippen LogP contribution in [-0.4, -0.2) is 31.3 Å².